The predicted molar refractivity (Wildman–Crippen MR) is 326 cm³/mol. The number of esters is 2. The van der Waals surface area contributed by atoms with E-state index in [1.54, 1.807) is 0 Å². The fourth-order valence-corrected chi connectivity index (χ4v) is 11.0. The number of nitrogens with one attached hydrogen (secondary N) is 1. The summed E-state index contributed by atoms with van der Waals surface area (Å²) in [7, 11) is 0. The molecule has 3 unspecified atom stereocenters. The van der Waals surface area contributed by atoms with Crippen LogP contribution in [0.5, 0.6) is 0 Å². The molecule has 0 saturated carbocycles. The molecular weight excluding hydrogens is 943 g/mol. The van der Waals surface area contributed by atoms with Gasteiger partial charge in [0.1, 0.15) is 6.04 Å². The molecule has 9 nitrogen and oxygen atoms in total. The van der Waals surface area contributed by atoms with E-state index in [4.69, 9.17) is 9.47 Å². The van der Waals surface area contributed by atoms with Crippen molar-refractivity contribution < 1.29 is 28.7 Å². The van der Waals surface area contributed by atoms with Crippen molar-refractivity contribution in [1.29, 1.82) is 0 Å². The molecule has 76 heavy (non-hydrogen) atoms. The molecule has 3 atom stereocenters. The summed E-state index contributed by atoms with van der Waals surface area (Å²) in [6.07, 6.45) is 50.8. The lowest BCUT2D eigenvalue weighted by Gasteiger charge is -2.32. The van der Waals surface area contributed by atoms with Crippen LogP contribution in [-0.2, 0) is 28.7 Å². The number of hydrogen-bond donors (Lipinski definition) is 1. The van der Waals surface area contributed by atoms with Crippen molar-refractivity contribution in [3.8, 4) is 0 Å². The van der Waals surface area contributed by atoms with Crippen LogP contribution in [0.15, 0.2) is 0 Å². The van der Waals surface area contributed by atoms with Crippen LogP contribution in [0.25, 0.3) is 0 Å². The lowest BCUT2D eigenvalue weighted by Crippen LogP contribution is -2.50. The van der Waals surface area contributed by atoms with Crippen LogP contribution in [0.3, 0.4) is 0 Å². The first-order chi connectivity index (χ1) is 37.2. The van der Waals surface area contributed by atoms with Crippen LogP contribution in [0.2, 0.25) is 0 Å². The summed E-state index contributed by atoms with van der Waals surface area (Å²) in [5, 5.41) is 3.28. The Balaban J connectivity index is 5.29. The molecule has 0 heterocycles. The summed E-state index contributed by atoms with van der Waals surface area (Å²) in [5.74, 6) is 1.00. The Labute approximate surface area is 473 Å². The van der Waals surface area contributed by atoms with Gasteiger partial charge in [-0.05, 0) is 95.7 Å². The molecule has 1 N–H and O–H groups in total. The number of nitrogens with zero attached hydrogens (tertiary/aromatic N) is 2. The molecule has 0 aliphatic carbocycles. The third-order valence-electron chi connectivity index (χ3n) is 16.3. The van der Waals surface area contributed by atoms with Crippen molar-refractivity contribution >= 4 is 23.8 Å². The van der Waals surface area contributed by atoms with Crippen LogP contribution in [0.4, 0.5) is 0 Å². The summed E-state index contributed by atoms with van der Waals surface area (Å²) < 4.78 is 11.7. The van der Waals surface area contributed by atoms with Gasteiger partial charge in [0.2, 0.25) is 11.8 Å². The molecule has 0 fully saturated rings. The molecule has 0 aromatic carbocycles. The van der Waals surface area contributed by atoms with Gasteiger partial charge in [-0.2, -0.15) is 0 Å². The Kier molecular flexibility index (Phi) is 55.9. The number of amides is 2. The van der Waals surface area contributed by atoms with Crippen molar-refractivity contribution in [3.05, 3.63) is 0 Å². The summed E-state index contributed by atoms with van der Waals surface area (Å²) in [5.41, 5.74) is 0. The minimum Gasteiger partial charge on any atom is -0.465 e. The Hall–Kier alpha value is -2.16. The van der Waals surface area contributed by atoms with Crippen molar-refractivity contribution in [2.75, 3.05) is 45.9 Å². The van der Waals surface area contributed by atoms with Crippen LogP contribution in [0, 0.1) is 11.8 Å². The molecule has 450 valence electrons. The van der Waals surface area contributed by atoms with Gasteiger partial charge < -0.3 is 24.6 Å². The van der Waals surface area contributed by atoms with E-state index in [1.165, 1.54) is 180 Å². The highest BCUT2D eigenvalue weighted by Crippen LogP contribution is 2.23. The predicted octanol–water partition coefficient (Wildman–Crippen LogP) is 19.0. The van der Waals surface area contributed by atoms with E-state index in [1.807, 2.05) is 4.90 Å². The number of hydrogen-bond acceptors (Lipinski definition) is 7. The van der Waals surface area contributed by atoms with E-state index >= 15 is 0 Å². The monoisotopic (exact) mass is 1070 g/mol. The third kappa shape index (κ3) is 46.7. The van der Waals surface area contributed by atoms with Gasteiger partial charge in [-0.25, -0.2) is 0 Å². The Morgan fingerprint density at radius 2 is 0.684 bits per heavy atom. The number of rotatable bonds is 60. The number of unbranched alkanes of at least 4 members (excludes halogenated alkanes) is 30. The molecule has 0 saturated heterocycles. The van der Waals surface area contributed by atoms with Gasteiger partial charge in [0.25, 0.3) is 0 Å². The van der Waals surface area contributed by atoms with Crippen LogP contribution < -0.4 is 5.32 Å². The van der Waals surface area contributed by atoms with Crippen molar-refractivity contribution in [2.45, 2.75) is 350 Å². The van der Waals surface area contributed by atoms with Gasteiger partial charge >= 0.3 is 11.9 Å². The second kappa shape index (κ2) is 57.5. The summed E-state index contributed by atoms with van der Waals surface area (Å²) in [6, 6.07) is -0.455. The van der Waals surface area contributed by atoms with E-state index in [9.17, 15) is 19.2 Å². The Bertz CT molecular complexity index is 1280. The molecule has 0 radical (unpaired) electrons. The topological polar surface area (TPSA) is 105 Å². The van der Waals surface area contributed by atoms with Gasteiger partial charge in [0.05, 0.1) is 13.2 Å². The smallest absolute Gasteiger partial charge is 0.305 e. The SMILES string of the molecule is CCCCCCCCNC(=O)C(CCCCCCCCC(=O)OCC(CCCCCC)CCCCCCCC)N(CCCN(CC)CC)C(=O)CCCCCCCC(=O)OCC(CCCCCC)CCCCCCCC. The van der Waals surface area contributed by atoms with Crippen molar-refractivity contribution in [3.63, 3.8) is 0 Å². The molecule has 0 spiro atoms. The van der Waals surface area contributed by atoms with Gasteiger partial charge in [0, 0.05) is 32.4 Å². The maximum atomic E-state index is 14.2. The molecule has 0 bridgehead atoms. The van der Waals surface area contributed by atoms with E-state index in [0.717, 1.165) is 110 Å². The maximum Gasteiger partial charge on any atom is 0.305 e. The standard InChI is InChI=1S/C67H131N3O6/c1-8-15-20-25-31-40-50-61(48-38-23-18-11-4)59-75-65(72)54-44-35-29-28-33-42-52-63(67(74)68-56-46-37-27-22-17-10-3)70(58-47-57-69(13-6)14-7)64(71)53-43-34-30-36-45-55-66(73)76-60-62(49-39-24-19-12-5)51-41-32-26-21-16-9-2/h61-63H,8-60H2,1-7H3,(H,68,74). The minimum absolute atomic E-state index is 0.00976. The zero-order valence-corrected chi connectivity index (χ0v) is 52.1. The normalized spacial score (nSPS) is 12.7. The van der Waals surface area contributed by atoms with Crippen LogP contribution in [-0.4, -0.2) is 85.5 Å². The average molecular weight is 1070 g/mol. The molecule has 0 aliphatic rings. The van der Waals surface area contributed by atoms with Gasteiger partial charge in [-0.1, -0.05) is 260 Å². The first-order valence-electron chi connectivity index (χ1n) is 33.8. The lowest BCUT2D eigenvalue weighted by molar-refractivity contribution is -0.146. The summed E-state index contributed by atoms with van der Waals surface area (Å²) in [4.78, 5) is 58.4. The molecule has 0 aromatic heterocycles. The maximum absolute atomic E-state index is 14.2. The zero-order valence-electron chi connectivity index (χ0n) is 52.1. The largest absolute Gasteiger partial charge is 0.465 e. The number of carbonyl (C=O) groups excluding carboxylic acids is 4. The fraction of sp³-hybridized carbons (Fsp3) is 0.940. The third-order valence-corrected chi connectivity index (χ3v) is 16.3. The summed E-state index contributed by atoms with van der Waals surface area (Å²) >= 11 is 0. The molecular formula is C67H131N3O6. The second-order valence-corrected chi connectivity index (χ2v) is 23.4. The van der Waals surface area contributed by atoms with E-state index in [-0.39, 0.29) is 23.8 Å². The summed E-state index contributed by atoms with van der Waals surface area (Å²) in [6.45, 7) is 20.9. The highest BCUT2D eigenvalue weighted by atomic mass is 16.5. The zero-order chi connectivity index (χ0) is 55.8. The molecule has 0 rings (SSSR count). The highest BCUT2D eigenvalue weighted by molar-refractivity contribution is 5.87. The number of carbonyl (C=O) groups is 4. The molecule has 2 amide bonds. The highest BCUT2D eigenvalue weighted by Gasteiger charge is 2.29. The van der Waals surface area contributed by atoms with E-state index in [0.29, 0.717) is 63.8 Å². The average Bonchev–Trinajstić information content (AvgIpc) is 3.42. The first kappa shape index (κ1) is 73.8. The van der Waals surface area contributed by atoms with Crippen molar-refractivity contribution in [1.82, 2.24) is 15.1 Å². The van der Waals surface area contributed by atoms with Gasteiger partial charge in [0.15, 0.2) is 0 Å². The Morgan fingerprint density at radius 3 is 1.08 bits per heavy atom. The molecule has 0 aliphatic heterocycles. The van der Waals surface area contributed by atoms with Gasteiger partial charge in [-0.3, -0.25) is 19.2 Å². The van der Waals surface area contributed by atoms with E-state index in [2.05, 4.69) is 58.7 Å². The van der Waals surface area contributed by atoms with Gasteiger partial charge in [-0.15, -0.1) is 0 Å². The first-order valence-corrected chi connectivity index (χ1v) is 33.8. The molecule has 9 heteroatoms. The van der Waals surface area contributed by atoms with Crippen LogP contribution >= 0.6 is 0 Å². The fourth-order valence-electron chi connectivity index (χ4n) is 11.0. The van der Waals surface area contributed by atoms with Crippen molar-refractivity contribution in [2.24, 2.45) is 11.8 Å². The lowest BCUT2D eigenvalue weighted by atomic mass is 9.95. The van der Waals surface area contributed by atoms with Crippen LogP contribution in [0.1, 0.15) is 344 Å². The second-order valence-electron chi connectivity index (χ2n) is 23.4. The quantitative estimate of drug-likeness (QED) is 0.0478. The molecule has 0 aromatic rings. The minimum atomic E-state index is -0.455. The Morgan fingerprint density at radius 1 is 0.355 bits per heavy atom. The van der Waals surface area contributed by atoms with E-state index < -0.39 is 6.04 Å². The number of ether oxygens (including phenoxy) is 2.